The fraction of sp³-hybridized carbons (Fsp3) is 0.600. The van der Waals surface area contributed by atoms with E-state index in [0.29, 0.717) is 23.7 Å². The molecule has 3 amide bonds. The minimum absolute atomic E-state index is 0.0731. The lowest BCUT2D eigenvalue weighted by atomic mass is 10.1. The van der Waals surface area contributed by atoms with E-state index in [-0.39, 0.29) is 11.9 Å². The Balaban J connectivity index is 1.81. The van der Waals surface area contributed by atoms with E-state index in [0.717, 1.165) is 44.6 Å². The second-order valence-electron chi connectivity index (χ2n) is 7.31. The van der Waals surface area contributed by atoms with Gasteiger partial charge in [-0.3, -0.25) is 4.79 Å². The summed E-state index contributed by atoms with van der Waals surface area (Å²) >= 11 is 0. The van der Waals surface area contributed by atoms with Crippen molar-refractivity contribution in [3.05, 3.63) is 29.3 Å². The SMILES string of the molecule is COCCCN1CCC(CNC(=O)Nc2cccc(C(=O)N(C)C)c2C)C1. The number of nitrogens with zero attached hydrogens (tertiary/aromatic N) is 2. The molecule has 0 spiro atoms. The monoisotopic (exact) mass is 376 g/mol. The number of rotatable bonds is 8. The third-order valence-electron chi connectivity index (χ3n) is 4.96. The van der Waals surface area contributed by atoms with Gasteiger partial charge in [0.05, 0.1) is 0 Å². The van der Waals surface area contributed by atoms with Gasteiger partial charge in [0, 0.05) is 58.7 Å². The first kappa shape index (κ1) is 21.2. The molecule has 1 atom stereocenters. The molecule has 7 nitrogen and oxygen atoms in total. The molecule has 1 aliphatic rings. The number of amides is 3. The molecule has 1 heterocycles. The zero-order valence-corrected chi connectivity index (χ0v) is 16.9. The van der Waals surface area contributed by atoms with Crippen LogP contribution in [0.4, 0.5) is 10.5 Å². The van der Waals surface area contributed by atoms with Crippen molar-refractivity contribution in [2.45, 2.75) is 19.8 Å². The van der Waals surface area contributed by atoms with Gasteiger partial charge in [0.2, 0.25) is 0 Å². The molecule has 0 aromatic heterocycles. The van der Waals surface area contributed by atoms with Crippen molar-refractivity contribution in [3.63, 3.8) is 0 Å². The summed E-state index contributed by atoms with van der Waals surface area (Å²) in [5.74, 6) is 0.400. The quantitative estimate of drug-likeness (QED) is 0.682. The topological polar surface area (TPSA) is 73.9 Å². The second-order valence-corrected chi connectivity index (χ2v) is 7.31. The Morgan fingerprint density at radius 2 is 2.11 bits per heavy atom. The Hall–Kier alpha value is -2.12. The van der Waals surface area contributed by atoms with Crippen LogP contribution in [0.2, 0.25) is 0 Å². The highest BCUT2D eigenvalue weighted by atomic mass is 16.5. The van der Waals surface area contributed by atoms with E-state index in [4.69, 9.17) is 4.74 Å². The standard InChI is InChI=1S/C20H32N4O3/c1-15-17(19(25)23(2)3)7-5-8-18(15)22-20(26)21-13-16-9-11-24(14-16)10-6-12-27-4/h5,7-8,16H,6,9-14H2,1-4H3,(H2,21,22,26). The van der Waals surface area contributed by atoms with Crippen LogP contribution in [-0.4, -0.2) is 75.7 Å². The molecule has 150 valence electrons. The van der Waals surface area contributed by atoms with E-state index in [9.17, 15) is 9.59 Å². The van der Waals surface area contributed by atoms with Gasteiger partial charge in [0.1, 0.15) is 0 Å². The number of likely N-dealkylation sites (tertiary alicyclic amines) is 1. The maximum absolute atomic E-state index is 12.3. The first-order valence-electron chi connectivity index (χ1n) is 9.49. The van der Waals surface area contributed by atoms with Crippen molar-refractivity contribution in [1.82, 2.24) is 15.1 Å². The molecule has 1 fully saturated rings. The third kappa shape index (κ3) is 6.22. The normalized spacial score (nSPS) is 17.0. The molecule has 27 heavy (non-hydrogen) atoms. The Labute approximate surface area is 162 Å². The Bertz CT molecular complexity index is 648. The number of ether oxygens (including phenoxy) is 1. The van der Waals surface area contributed by atoms with Crippen molar-refractivity contribution in [1.29, 1.82) is 0 Å². The molecule has 1 aliphatic heterocycles. The zero-order chi connectivity index (χ0) is 19.8. The van der Waals surface area contributed by atoms with E-state index >= 15 is 0 Å². The average molecular weight is 377 g/mol. The number of nitrogens with one attached hydrogen (secondary N) is 2. The lowest BCUT2D eigenvalue weighted by Gasteiger charge is -2.17. The molecule has 0 aliphatic carbocycles. The first-order chi connectivity index (χ1) is 12.9. The molecular formula is C20H32N4O3. The summed E-state index contributed by atoms with van der Waals surface area (Å²) in [6, 6.07) is 5.14. The van der Waals surface area contributed by atoms with Crippen LogP contribution in [-0.2, 0) is 4.74 Å². The zero-order valence-electron chi connectivity index (χ0n) is 16.9. The van der Waals surface area contributed by atoms with E-state index in [1.807, 2.05) is 13.0 Å². The molecule has 7 heteroatoms. The highest BCUT2D eigenvalue weighted by molar-refractivity contribution is 5.98. The minimum atomic E-state index is -0.231. The summed E-state index contributed by atoms with van der Waals surface area (Å²) in [6.45, 7) is 6.42. The van der Waals surface area contributed by atoms with Crippen molar-refractivity contribution in [3.8, 4) is 0 Å². The van der Waals surface area contributed by atoms with Crippen LogP contribution in [0, 0.1) is 12.8 Å². The molecule has 1 unspecified atom stereocenters. The Morgan fingerprint density at radius 1 is 1.33 bits per heavy atom. The van der Waals surface area contributed by atoms with Crippen molar-refractivity contribution in [2.75, 3.05) is 59.3 Å². The van der Waals surface area contributed by atoms with Gasteiger partial charge in [-0.25, -0.2) is 4.79 Å². The fourth-order valence-corrected chi connectivity index (χ4v) is 3.36. The second kappa shape index (κ2) is 10.3. The number of carbonyl (C=O) groups excluding carboxylic acids is 2. The highest BCUT2D eigenvalue weighted by Crippen LogP contribution is 2.20. The summed E-state index contributed by atoms with van der Waals surface area (Å²) in [7, 11) is 5.16. The Kier molecular flexibility index (Phi) is 8.06. The molecule has 0 saturated carbocycles. The molecule has 1 saturated heterocycles. The maximum atomic E-state index is 12.3. The number of methoxy groups -OCH3 is 1. The minimum Gasteiger partial charge on any atom is -0.385 e. The van der Waals surface area contributed by atoms with Crippen LogP contribution in [0.5, 0.6) is 0 Å². The van der Waals surface area contributed by atoms with Crippen molar-refractivity contribution >= 4 is 17.6 Å². The van der Waals surface area contributed by atoms with E-state index < -0.39 is 0 Å². The number of benzene rings is 1. The third-order valence-corrected chi connectivity index (χ3v) is 4.96. The number of urea groups is 1. The van der Waals surface area contributed by atoms with Crippen LogP contribution in [0.3, 0.4) is 0 Å². The van der Waals surface area contributed by atoms with Crippen LogP contribution in [0.25, 0.3) is 0 Å². The first-order valence-corrected chi connectivity index (χ1v) is 9.49. The predicted octanol–water partition coefficient (Wildman–Crippen LogP) is 2.18. The summed E-state index contributed by atoms with van der Waals surface area (Å²) in [5.41, 5.74) is 2.03. The lowest BCUT2D eigenvalue weighted by molar-refractivity contribution is 0.0827. The number of anilines is 1. The molecular weight excluding hydrogens is 344 g/mol. The molecule has 1 aromatic rings. The Morgan fingerprint density at radius 3 is 2.81 bits per heavy atom. The van der Waals surface area contributed by atoms with Gasteiger partial charge in [-0.05, 0) is 49.9 Å². The molecule has 1 aromatic carbocycles. The average Bonchev–Trinajstić information content (AvgIpc) is 3.09. The highest BCUT2D eigenvalue weighted by Gasteiger charge is 2.22. The molecule has 2 N–H and O–H groups in total. The van der Waals surface area contributed by atoms with Crippen LogP contribution in [0.1, 0.15) is 28.8 Å². The van der Waals surface area contributed by atoms with Crippen LogP contribution < -0.4 is 10.6 Å². The van der Waals surface area contributed by atoms with Gasteiger partial charge >= 0.3 is 6.03 Å². The van der Waals surface area contributed by atoms with Gasteiger partial charge in [-0.2, -0.15) is 0 Å². The smallest absolute Gasteiger partial charge is 0.319 e. The number of carbonyl (C=O) groups is 2. The summed E-state index contributed by atoms with van der Waals surface area (Å²) in [5, 5.41) is 5.83. The van der Waals surface area contributed by atoms with Crippen LogP contribution >= 0.6 is 0 Å². The van der Waals surface area contributed by atoms with Gasteiger partial charge in [0.25, 0.3) is 5.91 Å². The van der Waals surface area contributed by atoms with E-state index in [2.05, 4.69) is 15.5 Å². The molecule has 2 rings (SSSR count). The van der Waals surface area contributed by atoms with E-state index in [1.54, 1.807) is 33.3 Å². The van der Waals surface area contributed by atoms with Gasteiger partial charge in [-0.1, -0.05) is 6.07 Å². The molecule has 0 bridgehead atoms. The summed E-state index contributed by atoms with van der Waals surface area (Å²) in [4.78, 5) is 28.4. The van der Waals surface area contributed by atoms with Gasteiger partial charge < -0.3 is 25.2 Å². The predicted molar refractivity (Wildman–Crippen MR) is 107 cm³/mol. The summed E-state index contributed by atoms with van der Waals surface area (Å²) < 4.78 is 5.09. The molecule has 0 radical (unpaired) electrons. The van der Waals surface area contributed by atoms with E-state index in [1.165, 1.54) is 4.90 Å². The number of hydrogen-bond donors (Lipinski definition) is 2. The summed E-state index contributed by atoms with van der Waals surface area (Å²) in [6.07, 6.45) is 2.14. The maximum Gasteiger partial charge on any atom is 0.319 e. The van der Waals surface area contributed by atoms with Gasteiger partial charge in [-0.15, -0.1) is 0 Å². The lowest BCUT2D eigenvalue weighted by Crippen LogP contribution is -2.34. The van der Waals surface area contributed by atoms with Crippen LogP contribution in [0.15, 0.2) is 18.2 Å². The number of hydrogen-bond acceptors (Lipinski definition) is 4. The van der Waals surface area contributed by atoms with Gasteiger partial charge in [0.15, 0.2) is 0 Å². The van der Waals surface area contributed by atoms with Crippen molar-refractivity contribution < 1.29 is 14.3 Å². The van der Waals surface area contributed by atoms with Crippen molar-refractivity contribution in [2.24, 2.45) is 5.92 Å². The fourth-order valence-electron chi connectivity index (χ4n) is 3.36. The largest absolute Gasteiger partial charge is 0.385 e.